The summed E-state index contributed by atoms with van der Waals surface area (Å²) in [6.45, 7) is 0. The molecular formula is C13H11NO5. The average Bonchev–Trinajstić information content (AvgIpc) is 2.45. The molecule has 0 aromatic heterocycles. The number of nitrogens with two attached hydrogens (primary N) is 1. The normalized spacial score (nSPS) is 10.4. The summed E-state index contributed by atoms with van der Waals surface area (Å²) >= 11 is 0. The Balaban J connectivity index is 2.46. The van der Waals surface area contributed by atoms with Crippen LogP contribution in [0.5, 0.6) is 11.5 Å². The molecule has 0 amide bonds. The number of ether oxygens (including phenoxy) is 2. The summed E-state index contributed by atoms with van der Waals surface area (Å²) in [6, 6.07) is 4.44. The topological polar surface area (TPSA) is 95.7 Å². The van der Waals surface area contributed by atoms with Crippen molar-refractivity contribution in [2.75, 3.05) is 20.0 Å². The number of carbonyl (C=O) groups is 1. The first-order chi connectivity index (χ1) is 9.01. The van der Waals surface area contributed by atoms with Gasteiger partial charge in [0.15, 0.2) is 17.3 Å². The fourth-order valence-electron chi connectivity index (χ4n) is 1.76. The molecule has 0 fully saturated rings. The lowest BCUT2D eigenvalue weighted by atomic mass is 9.97. The Labute approximate surface area is 108 Å². The summed E-state index contributed by atoms with van der Waals surface area (Å²) in [6.07, 6.45) is 0. The molecule has 0 atom stereocenters. The van der Waals surface area contributed by atoms with Crippen molar-refractivity contribution in [2.45, 2.75) is 0 Å². The zero-order valence-electron chi connectivity index (χ0n) is 10.4. The second kappa shape index (κ2) is 4.56. The van der Waals surface area contributed by atoms with E-state index < -0.39 is 16.6 Å². The Morgan fingerprint density at radius 1 is 1.05 bits per heavy atom. The van der Waals surface area contributed by atoms with Crippen molar-refractivity contribution in [3.8, 4) is 11.5 Å². The van der Waals surface area contributed by atoms with Crippen LogP contribution in [0.3, 0.4) is 0 Å². The Morgan fingerprint density at radius 2 is 1.68 bits per heavy atom. The first-order valence-corrected chi connectivity index (χ1v) is 5.36. The maximum Gasteiger partial charge on any atom is 0.250 e. The van der Waals surface area contributed by atoms with Crippen LogP contribution in [-0.4, -0.2) is 20.0 Å². The molecule has 0 heterocycles. The molecule has 6 nitrogen and oxygen atoms in total. The van der Waals surface area contributed by atoms with Crippen molar-refractivity contribution >= 4 is 11.5 Å². The first kappa shape index (κ1) is 12.8. The molecule has 98 valence electrons. The maximum atomic E-state index is 12.1. The largest absolute Gasteiger partial charge is 0.493 e. The van der Waals surface area contributed by atoms with Crippen molar-refractivity contribution < 1.29 is 14.3 Å². The average molecular weight is 261 g/mol. The van der Waals surface area contributed by atoms with E-state index in [0.29, 0.717) is 11.5 Å². The van der Waals surface area contributed by atoms with E-state index in [0.717, 1.165) is 0 Å². The van der Waals surface area contributed by atoms with Crippen LogP contribution in [-0.2, 0) is 0 Å². The summed E-state index contributed by atoms with van der Waals surface area (Å²) < 4.78 is 10.1. The molecule has 0 saturated heterocycles. The minimum absolute atomic E-state index is 0.205. The van der Waals surface area contributed by atoms with Gasteiger partial charge >= 0.3 is 0 Å². The van der Waals surface area contributed by atoms with E-state index in [1.165, 1.54) is 32.4 Å². The number of carbonyl (C=O) groups excluding carboxylic acids is 1. The molecule has 2 N–H and O–H groups in total. The zero-order chi connectivity index (χ0) is 14.2. The number of rotatable bonds is 4. The highest BCUT2D eigenvalue weighted by Gasteiger charge is 2.26. The van der Waals surface area contributed by atoms with Crippen LogP contribution in [0, 0.1) is 0 Å². The first-order valence-electron chi connectivity index (χ1n) is 5.36. The third kappa shape index (κ3) is 1.87. The van der Waals surface area contributed by atoms with Gasteiger partial charge in [-0.1, -0.05) is 0 Å². The molecule has 0 saturated carbocycles. The molecular weight excluding hydrogens is 250 g/mol. The van der Waals surface area contributed by atoms with E-state index in [1.54, 1.807) is 0 Å². The predicted octanol–water partition coefficient (Wildman–Crippen LogP) is 0.113. The van der Waals surface area contributed by atoms with Gasteiger partial charge < -0.3 is 15.2 Å². The van der Waals surface area contributed by atoms with Crippen LogP contribution in [0.25, 0.3) is 0 Å². The van der Waals surface area contributed by atoms with E-state index in [2.05, 4.69) is 0 Å². The predicted molar refractivity (Wildman–Crippen MR) is 68.7 cm³/mol. The summed E-state index contributed by atoms with van der Waals surface area (Å²) in [5, 5.41) is 0. The van der Waals surface area contributed by atoms with Gasteiger partial charge in [-0.05, 0) is 18.2 Å². The fourth-order valence-corrected chi connectivity index (χ4v) is 1.76. The molecule has 0 aliphatic rings. The molecule has 0 spiro atoms. The van der Waals surface area contributed by atoms with Crippen molar-refractivity contribution in [3.05, 3.63) is 49.8 Å². The molecule has 2 aromatic rings. The van der Waals surface area contributed by atoms with Crippen molar-refractivity contribution in [1.29, 1.82) is 0 Å². The van der Waals surface area contributed by atoms with Gasteiger partial charge in [-0.2, -0.15) is 0 Å². The molecule has 0 unspecified atom stereocenters. The lowest BCUT2D eigenvalue weighted by Crippen LogP contribution is -2.40. The van der Waals surface area contributed by atoms with Crippen LogP contribution in [0.1, 0.15) is 15.9 Å². The molecule has 2 rings (SSSR count). The van der Waals surface area contributed by atoms with E-state index in [1.807, 2.05) is 0 Å². The van der Waals surface area contributed by atoms with Crippen molar-refractivity contribution in [1.82, 2.24) is 0 Å². The highest BCUT2D eigenvalue weighted by Crippen LogP contribution is 2.28. The summed E-state index contributed by atoms with van der Waals surface area (Å²) in [7, 11) is 2.89. The number of benzene rings is 1. The van der Waals surface area contributed by atoms with E-state index >= 15 is 0 Å². The number of hydrogen-bond acceptors (Lipinski definition) is 6. The third-order valence-electron chi connectivity index (χ3n) is 2.82. The van der Waals surface area contributed by atoms with Crippen LogP contribution >= 0.6 is 0 Å². The molecule has 6 heteroatoms. The van der Waals surface area contributed by atoms with Gasteiger partial charge in [0.2, 0.25) is 10.9 Å². The Bertz CT molecular complexity index is 725. The van der Waals surface area contributed by atoms with Gasteiger partial charge in [-0.15, -0.1) is 0 Å². The smallest absolute Gasteiger partial charge is 0.250 e. The minimum atomic E-state index is -0.850. The standard InChI is InChI=1S/C13H11NO5/c1-18-7-4-3-6(5-8(7)19-2)11(15)9-10(14)13(17)12(9)16/h3-5H,14H2,1-2H3. The molecule has 0 radical (unpaired) electrons. The monoisotopic (exact) mass is 261 g/mol. The Kier molecular flexibility index (Phi) is 3.08. The highest BCUT2D eigenvalue weighted by atomic mass is 16.5. The second-order valence-corrected chi connectivity index (χ2v) is 3.85. The van der Waals surface area contributed by atoms with Crippen LogP contribution < -0.4 is 26.1 Å². The van der Waals surface area contributed by atoms with Gasteiger partial charge in [0.25, 0.3) is 0 Å². The molecule has 0 aliphatic carbocycles. The van der Waals surface area contributed by atoms with Gasteiger partial charge in [-0.25, -0.2) is 0 Å². The van der Waals surface area contributed by atoms with E-state index in [-0.39, 0.29) is 16.8 Å². The summed E-state index contributed by atoms with van der Waals surface area (Å²) in [4.78, 5) is 34.4. The summed E-state index contributed by atoms with van der Waals surface area (Å²) in [5.41, 5.74) is 3.34. The van der Waals surface area contributed by atoms with Gasteiger partial charge in [0.1, 0.15) is 5.56 Å². The number of methoxy groups -OCH3 is 2. The summed E-state index contributed by atoms with van der Waals surface area (Å²) in [5.74, 6) is 0.214. The molecule has 2 aromatic carbocycles. The van der Waals surface area contributed by atoms with Crippen LogP contribution in [0.15, 0.2) is 27.8 Å². The van der Waals surface area contributed by atoms with Crippen LogP contribution in [0.2, 0.25) is 0 Å². The van der Waals surface area contributed by atoms with Crippen molar-refractivity contribution in [3.63, 3.8) is 0 Å². The number of ketones is 1. The second-order valence-electron chi connectivity index (χ2n) is 3.85. The maximum absolute atomic E-state index is 12.1. The third-order valence-corrected chi connectivity index (χ3v) is 2.82. The SMILES string of the molecule is COc1ccc(C(=O)c2c(N)c(=O)c2=O)cc1OC. The lowest BCUT2D eigenvalue weighted by molar-refractivity contribution is 0.103. The van der Waals surface area contributed by atoms with Gasteiger partial charge in [-0.3, -0.25) is 14.4 Å². The van der Waals surface area contributed by atoms with E-state index in [9.17, 15) is 14.4 Å². The van der Waals surface area contributed by atoms with Gasteiger partial charge in [0.05, 0.1) is 19.9 Å². The number of nitrogen functional groups attached to an aromatic ring is 1. The quantitative estimate of drug-likeness (QED) is 0.620. The fraction of sp³-hybridized carbons (Fsp3) is 0.154. The lowest BCUT2D eigenvalue weighted by Gasteiger charge is -2.10. The highest BCUT2D eigenvalue weighted by molar-refractivity contribution is 6.13. The molecule has 0 bridgehead atoms. The van der Waals surface area contributed by atoms with Gasteiger partial charge in [0, 0.05) is 5.56 Å². The Hall–Kier alpha value is -2.63. The number of anilines is 1. The van der Waals surface area contributed by atoms with Crippen molar-refractivity contribution in [2.24, 2.45) is 0 Å². The van der Waals surface area contributed by atoms with Crippen LogP contribution in [0.4, 0.5) is 5.69 Å². The molecule has 0 aliphatic heterocycles. The zero-order valence-corrected chi connectivity index (χ0v) is 10.4. The minimum Gasteiger partial charge on any atom is -0.493 e. The van der Waals surface area contributed by atoms with E-state index in [4.69, 9.17) is 15.2 Å². The number of hydrogen-bond donors (Lipinski definition) is 1. The molecule has 19 heavy (non-hydrogen) atoms. The Morgan fingerprint density at radius 3 is 2.21 bits per heavy atom.